The molecule has 0 saturated heterocycles. The van der Waals surface area contributed by atoms with Crippen LogP contribution in [0.15, 0.2) is 24.3 Å². The molecule has 106 valence electrons. The zero-order valence-corrected chi connectivity index (χ0v) is 11.6. The highest BCUT2D eigenvalue weighted by Crippen LogP contribution is 2.23. The zero-order chi connectivity index (χ0) is 13.9. The van der Waals surface area contributed by atoms with Gasteiger partial charge in [0.05, 0.1) is 11.8 Å². The Hall–Kier alpha value is -1.95. The molecule has 1 aliphatic rings. The van der Waals surface area contributed by atoms with E-state index in [9.17, 15) is 0 Å². The van der Waals surface area contributed by atoms with Gasteiger partial charge in [0.15, 0.2) is 5.82 Å². The van der Waals surface area contributed by atoms with Gasteiger partial charge in [-0.2, -0.15) is 4.68 Å². The third-order valence-electron chi connectivity index (χ3n) is 3.73. The molecule has 1 saturated carbocycles. The quantitative estimate of drug-likeness (QED) is 0.919. The summed E-state index contributed by atoms with van der Waals surface area (Å²) in [4.78, 5) is 0. The lowest BCUT2D eigenvalue weighted by molar-refractivity contribution is 0.147. The molecule has 0 atom stereocenters. The Bertz CT molecular complexity index is 557. The van der Waals surface area contributed by atoms with E-state index < -0.39 is 0 Å². The number of aromatic nitrogens is 4. The van der Waals surface area contributed by atoms with Crippen molar-refractivity contribution in [3.8, 4) is 11.4 Å². The van der Waals surface area contributed by atoms with Gasteiger partial charge in [-0.3, -0.25) is 0 Å². The molecule has 2 N–H and O–H groups in total. The van der Waals surface area contributed by atoms with Crippen molar-refractivity contribution in [1.29, 1.82) is 0 Å². The summed E-state index contributed by atoms with van der Waals surface area (Å²) in [5, 5.41) is 11.5. The number of nitrogens with two attached hydrogens (primary N) is 1. The SMILES string of the molecule is Cc1nnnn1-c1ccc(OC2CCC(N)CC2)cc1. The highest BCUT2D eigenvalue weighted by atomic mass is 16.5. The van der Waals surface area contributed by atoms with Crippen molar-refractivity contribution in [2.45, 2.75) is 44.8 Å². The molecule has 1 fully saturated rings. The Labute approximate surface area is 117 Å². The van der Waals surface area contributed by atoms with Crippen LogP contribution in [0.5, 0.6) is 5.75 Å². The highest BCUT2D eigenvalue weighted by Gasteiger charge is 2.19. The Morgan fingerprint density at radius 2 is 1.85 bits per heavy atom. The van der Waals surface area contributed by atoms with Gasteiger partial charge in [-0.25, -0.2) is 0 Å². The largest absolute Gasteiger partial charge is 0.490 e. The number of hydrogen-bond acceptors (Lipinski definition) is 5. The number of nitrogens with zero attached hydrogens (tertiary/aromatic N) is 4. The van der Waals surface area contributed by atoms with E-state index in [1.165, 1.54) is 0 Å². The predicted molar refractivity (Wildman–Crippen MR) is 74.8 cm³/mol. The fourth-order valence-electron chi connectivity index (χ4n) is 2.54. The van der Waals surface area contributed by atoms with Gasteiger partial charge >= 0.3 is 0 Å². The second-order valence-electron chi connectivity index (χ2n) is 5.29. The van der Waals surface area contributed by atoms with Crippen LogP contribution in [0.4, 0.5) is 0 Å². The zero-order valence-electron chi connectivity index (χ0n) is 11.6. The minimum absolute atomic E-state index is 0.287. The fraction of sp³-hybridized carbons (Fsp3) is 0.500. The summed E-state index contributed by atoms with van der Waals surface area (Å²) in [6, 6.07) is 8.20. The topological polar surface area (TPSA) is 78.8 Å². The van der Waals surface area contributed by atoms with Crippen molar-refractivity contribution in [2.24, 2.45) is 5.73 Å². The molecule has 1 aliphatic carbocycles. The minimum atomic E-state index is 0.287. The van der Waals surface area contributed by atoms with E-state index in [1.54, 1.807) is 4.68 Å². The molecule has 6 heteroatoms. The molecule has 0 radical (unpaired) electrons. The van der Waals surface area contributed by atoms with Crippen LogP contribution >= 0.6 is 0 Å². The first-order valence-electron chi connectivity index (χ1n) is 7.00. The van der Waals surface area contributed by atoms with Crippen molar-refractivity contribution in [3.63, 3.8) is 0 Å². The number of ether oxygens (including phenoxy) is 1. The molecule has 0 spiro atoms. The third-order valence-corrected chi connectivity index (χ3v) is 3.73. The van der Waals surface area contributed by atoms with Gasteiger partial charge in [0.25, 0.3) is 0 Å². The maximum atomic E-state index is 5.99. The van der Waals surface area contributed by atoms with Gasteiger partial charge in [-0.1, -0.05) is 0 Å². The molecule has 0 unspecified atom stereocenters. The van der Waals surface area contributed by atoms with Crippen LogP contribution in [0.25, 0.3) is 5.69 Å². The summed E-state index contributed by atoms with van der Waals surface area (Å²) in [5.41, 5.74) is 6.84. The first-order chi connectivity index (χ1) is 9.72. The Balaban J connectivity index is 1.66. The maximum absolute atomic E-state index is 5.99. The van der Waals surface area contributed by atoms with E-state index in [0.717, 1.165) is 42.9 Å². The molecule has 1 heterocycles. The summed E-state index contributed by atoms with van der Waals surface area (Å²) in [6.07, 6.45) is 4.46. The van der Waals surface area contributed by atoms with Crippen LogP contribution in [0.1, 0.15) is 31.5 Å². The summed E-state index contributed by atoms with van der Waals surface area (Å²) in [5.74, 6) is 1.65. The lowest BCUT2D eigenvalue weighted by Crippen LogP contribution is -2.31. The molecule has 1 aromatic heterocycles. The first kappa shape index (κ1) is 13.1. The Morgan fingerprint density at radius 1 is 1.15 bits per heavy atom. The molecule has 0 amide bonds. The molecule has 0 bridgehead atoms. The standard InChI is InChI=1S/C14H19N5O/c1-10-16-17-18-19(10)12-4-8-14(9-5-12)20-13-6-2-11(15)3-7-13/h4-5,8-9,11,13H,2-3,6-7,15H2,1H3. The predicted octanol–water partition coefficient (Wildman–Crippen LogP) is 1.62. The van der Waals surface area contributed by atoms with E-state index in [4.69, 9.17) is 10.5 Å². The van der Waals surface area contributed by atoms with E-state index in [-0.39, 0.29) is 6.10 Å². The smallest absolute Gasteiger partial charge is 0.153 e. The van der Waals surface area contributed by atoms with Crippen molar-refractivity contribution in [1.82, 2.24) is 20.2 Å². The third kappa shape index (κ3) is 2.80. The van der Waals surface area contributed by atoms with Crippen molar-refractivity contribution >= 4 is 0 Å². The summed E-state index contributed by atoms with van der Waals surface area (Å²) < 4.78 is 7.69. The van der Waals surface area contributed by atoms with E-state index in [2.05, 4.69) is 15.5 Å². The monoisotopic (exact) mass is 273 g/mol. The normalized spacial score (nSPS) is 22.7. The number of hydrogen-bond donors (Lipinski definition) is 1. The Morgan fingerprint density at radius 3 is 2.45 bits per heavy atom. The van der Waals surface area contributed by atoms with Crippen LogP contribution in [-0.2, 0) is 0 Å². The molecule has 3 rings (SSSR count). The van der Waals surface area contributed by atoms with Gasteiger partial charge in [-0.05, 0) is 67.3 Å². The average Bonchev–Trinajstić information content (AvgIpc) is 2.89. The van der Waals surface area contributed by atoms with Gasteiger partial charge in [0, 0.05) is 6.04 Å². The van der Waals surface area contributed by atoms with E-state index in [1.807, 2.05) is 31.2 Å². The lowest BCUT2D eigenvalue weighted by atomic mass is 9.94. The van der Waals surface area contributed by atoms with Gasteiger partial charge < -0.3 is 10.5 Å². The number of aryl methyl sites for hydroxylation is 1. The maximum Gasteiger partial charge on any atom is 0.153 e. The fourth-order valence-corrected chi connectivity index (χ4v) is 2.54. The van der Waals surface area contributed by atoms with Crippen LogP contribution in [0, 0.1) is 6.92 Å². The molecule has 0 aliphatic heterocycles. The van der Waals surface area contributed by atoms with Crippen molar-refractivity contribution in [3.05, 3.63) is 30.1 Å². The number of tetrazole rings is 1. The molecular formula is C14H19N5O. The second-order valence-corrected chi connectivity index (χ2v) is 5.29. The molecule has 6 nitrogen and oxygen atoms in total. The van der Waals surface area contributed by atoms with Gasteiger partial charge in [0.2, 0.25) is 0 Å². The van der Waals surface area contributed by atoms with Crippen LogP contribution in [0.2, 0.25) is 0 Å². The molecule has 20 heavy (non-hydrogen) atoms. The van der Waals surface area contributed by atoms with Crippen LogP contribution in [0.3, 0.4) is 0 Å². The second kappa shape index (κ2) is 5.58. The van der Waals surface area contributed by atoms with Crippen LogP contribution < -0.4 is 10.5 Å². The van der Waals surface area contributed by atoms with Gasteiger partial charge in [0.1, 0.15) is 5.75 Å². The average molecular weight is 273 g/mol. The van der Waals surface area contributed by atoms with Crippen molar-refractivity contribution < 1.29 is 4.74 Å². The Kier molecular flexibility index (Phi) is 3.64. The van der Waals surface area contributed by atoms with E-state index in [0.29, 0.717) is 6.04 Å². The molecule has 2 aromatic rings. The summed E-state index contributed by atoms with van der Waals surface area (Å²) in [7, 11) is 0. The highest BCUT2D eigenvalue weighted by molar-refractivity contribution is 5.37. The number of rotatable bonds is 3. The van der Waals surface area contributed by atoms with Crippen LogP contribution in [-0.4, -0.2) is 32.4 Å². The minimum Gasteiger partial charge on any atom is -0.490 e. The molecular weight excluding hydrogens is 254 g/mol. The lowest BCUT2D eigenvalue weighted by Gasteiger charge is -2.26. The van der Waals surface area contributed by atoms with Crippen molar-refractivity contribution in [2.75, 3.05) is 0 Å². The number of benzene rings is 1. The first-order valence-corrected chi connectivity index (χ1v) is 7.00. The molecule has 1 aromatic carbocycles. The summed E-state index contributed by atoms with van der Waals surface area (Å²) >= 11 is 0. The summed E-state index contributed by atoms with van der Waals surface area (Å²) in [6.45, 7) is 1.87. The van der Waals surface area contributed by atoms with E-state index >= 15 is 0 Å². The van der Waals surface area contributed by atoms with Gasteiger partial charge in [-0.15, -0.1) is 5.10 Å².